The van der Waals surface area contributed by atoms with Crippen LogP contribution in [0.5, 0.6) is 0 Å². The number of fused-ring (bicyclic) bond motifs is 1. The van der Waals surface area contributed by atoms with Crippen molar-refractivity contribution in [2.45, 2.75) is 12.8 Å². The van der Waals surface area contributed by atoms with Gasteiger partial charge in [0.25, 0.3) is 0 Å². The Morgan fingerprint density at radius 2 is 1.12 bits per heavy atom. The molecule has 112 valence electrons. The van der Waals surface area contributed by atoms with Gasteiger partial charge in [-0.05, 0) is 79.2 Å². The molecule has 0 saturated carbocycles. The summed E-state index contributed by atoms with van der Waals surface area (Å²) in [5.41, 5.74) is 2.89. The van der Waals surface area contributed by atoms with Gasteiger partial charge in [-0.3, -0.25) is 0 Å². The molecular formula is C24H16. The van der Waals surface area contributed by atoms with Crippen LogP contribution in [-0.2, 0) is 6.42 Å². The first-order chi connectivity index (χ1) is 11.9. The van der Waals surface area contributed by atoms with Crippen LogP contribution in [0.3, 0.4) is 0 Å². The number of aryl methyl sites for hydroxylation is 1. The predicted octanol–water partition coefficient (Wildman–Crippen LogP) is 6.70. The average Bonchev–Trinajstić information content (AvgIpc) is 2.66. The van der Waals surface area contributed by atoms with Gasteiger partial charge < -0.3 is 0 Å². The summed E-state index contributed by atoms with van der Waals surface area (Å²) in [7, 11) is 0. The predicted molar refractivity (Wildman–Crippen MR) is 105 cm³/mol. The van der Waals surface area contributed by atoms with Crippen molar-refractivity contribution in [2.24, 2.45) is 0 Å². The summed E-state index contributed by atoms with van der Waals surface area (Å²) in [6.45, 7) is 0. The van der Waals surface area contributed by atoms with Gasteiger partial charge in [-0.2, -0.15) is 0 Å². The largest absolute Gasteiger partial charge is 0.0836 e. The Labute approximate surface area is 140 Å². The van der Waals surface area contributed by atoms with Crippen LogP contribution < -0.4 is 0 Å². The minimum atomic E-state index is 1.16. The fourth-order valence-corrected chi connectivity index (χ4v) is 4.60. The summed E-state index contributed by atoms with van der Waals surface area (Å²) < 4.78 is 0. The Hall–Kier alpha value is -2.86. The molecule has 0 fully saturated rings. The number of rotatable bonds is 0. The molecule has 0 heterocycles. The first-order valence-electron chi connectivity index (χ1n) is 8.69. The average molecular weight is 304 g/mol. The van der Waals surface area contributed by atoms with Crippen molar-refractivity contribution in [3.8, 4) is 0 Å². The fraction of sp³-hybridized carbons (Fsp3) is 0.0833. The Morgan fingerprint density at radius 1 is 0.583 bits per heavy atom. The van der Waals surface area contributed by atoms with Gasteiger partial charge in [0.1, 0.15) is 0 Å². The van der Waals surface area contributed by atoms with Crippen molar-refractivity contribution >= 4 is 49.2 Å². The molecule has 24 heavy (non-hydrogen) atoms. The van der Waals surface area contributed by atoms with Crippen LogP contribution >= 0.6 is 0 Å². The van der Waals surface area contributed by atoms with E-state index in [0.29, 0.717) is 0 Å². The highest BCUT2D eigenvalue weighted by Gasteiger charge is 2.18. The molecule has 2 bridgehead atoms. The van der Waals surface area contributed by atoms with E-state index in [-0.39, 0.29) is 0 Å². The van der Waals surface area contributed by atoms with Gasteiger partial charge >= 0.3 is 0 Å². The van der Waals surface area contributed by atoms with E-state index >= 15 is 0 Å². The van der Waals surface area contributed by atoms with Gasteiger partial charge in [0.2, 0.25) is 0 Å². The van der Waals surface area contributed by atoms with E-state index in [9.17, 15) is 0 Å². The van der Waals surface area contributed by atoms with E-state index in [2.05, 4.69) is 72.8 Å². The number of hydrogen-bond acceptors (Lipinski definition) is 0. The molecule has 1 aliphatic carbocycles. The number of allylic oxidation sites excluding steroid dienone is 1. The third-order valence-corrected chi connectivity index (χ3v) is 5.63. The Balaban J connectivity index is 2.00. The second kappa shape index (κ2) is 4.36. The molecule has 0 saturated heterocycles. The summed E-state index contributed by atoms with van der Waals surface area (Å²) in [5, 5.41) is 11.2. The molecule has 0 spiro atoms. The van der Waals surface area contributed by atoms with Crippen LogP contribution in [0, 0.1) is 0 Å². The quantitative estimate of drug-likeness (QED) is 0.279. The lowest BCUT2D eigenvalue weighted by Gasteiger charge is -2.20. The Bertz CT molecular complexity index is 1230. The standard InChI is InChI=1S/C24H16/c1-2-8-16-14-22-21(13-15(16)7-1)23-17-9-3-5-11-19(17)24(22)20-12-6-4-10-18(20)23/h1,3-7,9-14H,2,8H2. The van der Waals surface area contributed by atoms with Crippen molar-refractivity contribution in [2.75, 3.05) is 0 Å². The fourth-order valence-electron chi connectivity index (χ4n) is 4.60. The van der Waals surface area contributed by atoms with Crippen molar-refractivity contribution in [1.82, 2.24) is 0 Å². The SMILES string of the molecule is C1=Cc2cc3c(cc2CC1)c1c2ccccc2c3c2ccccc21. The third-order valence-electron chi connectivity index (χ3n) is 5.63. The summed E-state index contributed by atoms with van der Waals surface area (Å²) in [5.74, 6) is 0. The van der Waals surface area contributed by atoms with Crippen LogP contribution in [0.25, 0.3) is 49.2 Å². The Kier molecular flexibility index (Phi) is 2.28. The van der Waals surface area contributed by atoms with E-state index < -0.39 is 0 Å². The lowest BCUT2D eigenvalue weighted by atomic mass is 9.83. The minimum Gasteiger partial charge on any atom is -0.0836 e. The maximum Gasteiger partial charge on any atom is -0.00199 e. The van der Waals surface area contributed by atoms with Crippen LogP contribution in [0.4, 0.5) is 0 Å². The Morgan fingerprint density at radius 3 is 1.71 bits per heavy atom. The molecule has 1 aliphatic rings. The molecular weight excluding hydrogens is 288 g/mol. The van der Waals surface area contributed by atoms with Crippen molar-refractivity contribution in [3.63, 3.8) is 0 Å². The maximum absolute atomic E-state index is 2.45. The molecule has 0 nitrogen and oxygen atoms in total. The summed E-state index contributed by atoms with van der Waals surface area (Å²) in [6, 6.07) is 22.6. The zero-order valence-corrected chi connectivity index (χ0v) is 13.3. The van der Waals surface area contributed by atoms with Crippen LogP contribution in [0.15, 0.2) is 66.7 Å². The summed E-state index contributed by atoms with van der Waals surface area (Å²) in [6.07, 6.45) is 6.91. The molecule has 0 heteroatoms. The minimum absolute atomic E-state index is 1.16. The zero-order valence-electron chi connectivity index (χ0n) is 13.3. The highest BCUT2D eigenvalue weighted by atomic mass is 14.2. The molecule has 6 aromatic rings. The van der Waals surface area contributed by atoms with Gasteiger partial charge in [0, 0.05) is 0 Å². The molecule has 0 N–H and O–H groups in total. The van der Waals surface area contributed by atoms with E-state index in [0.717, 1.165) is 12.8 Å². The van der Waals surface area contributed by atoms with Gasteiger partial charge in [0.05, 0.1) is 0 Å². The van der Waals surface area contributed by atoms with Gasteiger partial charge in [-0.1, -0.05) is 60.7 Å². The van der Waals surface area contributed by atoms with Crippen LogP contribution in [0.1, 0.15) is 17.5 Å². The highest BCUT2D eigenvalue weighted by Crippen LogP contribution is 2.45. The van der Waals surface area contributed by atoms with Crippen molar-refractivity contribution in [1.29, 1.82) is 0 Å². The lowest BCUT2D eigenvalue weighted by molar-refractivity contribution is 0.989. The zero-order chi connectivity index (χ0) is 15.7. The maximum atomic E-state index is 2.45. The van der Waals surface area contributed by atoms with Gasteiger partial charge in [-0.15, -0.1) is 0 Å². The topological polar surface area (TPSA) is 0 Å². The van der Waals surface area contributed by atoms with Crippen LogP contribution in [-0.4, -0.2) is 0 Å². The van der Waals surface area contributed by atoms with Gasteiger partial charge in [-0.25, -0.2) is 0 Å². The molecule has 0 unspecified atom stereocenters. The highest BCUT2D eigenvalue weighted by molar-refractivity contribution is 6.40. The monoisotopic (exact) mass is 304 g/mol. The molecule has 0 atom stereocenters. The van der Waals surface area contributed by atoms with Crippen LogP contribution in [0.2, 0.25) is 0 Å². The summed E-state index contributed by atoms with van der Waals surface area (Å²) in [4.78, 5) is 0. The first-order valence-corrected chi connectivity index (χ1v) is 8.69. The van der Waals surface area contributed by atoms with E-state index in [4.69, 9.17) is 0 Å². The van der Waals surface area contributed by atoms with Crippen molar-refractivity contribution in [3.05, 3.63) is 77.9 Å². The van der Waals surface area contributed by atoms with Gasteiger partial charge in [0.15, 0.2) is 0 Å². The number of hydrogen-bond donors (Lipinski definition) is 0. The molecule has 7 rings (SSSR count). The molecule has 6 aromatic carbocycles. The second-order valence-electron chi connectivity index (χ2n) is 6.88. The molecule has 0 aromatic heterocycles. The van der Waals surface area contributed by atoms with E-state index in [1.54, 1.807) is 0 Å². The summed E-state index contributed by atoms with van der Waals surface area (Å²) >= 11 is 0. The molecule has 0 radical (unpaired) electrons. The number of benzene rings is 6. The normalized spacial score (nSPS) is 14.2. The molecule has 0 aliphatic heterocycles. The van der Waals surface area contributed by atoms with E-state index in [1.807, 2.05) is 0 Å². The second-order valence-corrected chi connectivity index (χ2v) is 6.88. The first kappa shape index (κ1) is 12.5. The van der Waals surface area contributed by atoms with E-state index in [1.165, 1.54) is 54.2 Å². The molecule has 0 amide bonds. The smallest absolute Gasteiger partial charge is 0.00199 e. The van der Waals surface area contributed by atoms with Crippen molar-refractivity contribution < 1.29 is 0 Å². The lowest BCUT2D eigenvalue weighted by Crippen LogP contribution is -1.96. The third kappa shape index (κ3) is 1.44.